The number of rotatable bonds is 6. The van der Waals surface area contributed by atoms with E-state index in [1.165, 1.54) is 12.8 Å². The van der Waals surface area contributed by atoms with Crippen molar-refractivity contribution < 1.29 is 9.26 Å². The van der Waals surface area contributed by atoms with Crippen LogP contribution in [0.1, 0.15) is 44.0 Å². The zero-order valence-electron chi connectivity index (χ0n) is 9.35. The summed E-state index contributed by atoms with van der Waals surface area (Å²) in [5.41, 5.74) is 0. The lowest BCUT2D eigenvalue weighted by molar-refractivity contribution is 0.0384. The summed E-state index contributed by atoms with van der Waals surface area (Å²) in [4.78, 5) is 4.27. The highest BCUT2D eigenvalue weighted by atomic mass is 16.5. The van der Waals surface area contributed by atoms with Crippen LogP contribution < -0.4 is 0 Å². The van der Waals surface area contributed by atoms with E-state index in [4.69, 9.17) is 14.5 Å². The molecule has 1 aliphatic rings. The molecule has 1 fully saturated rings. The Balaban J connectivity index is 2.01. The molecule has 2 rings (SSSR count). The topological polar surface area (TPSA) is 71.9 Å². The Labute approximate surface area is 94.4 Å². The summed E-state index contributed by atoms with van der Waals surface area (Å²) in [5, 5.41) is 12.4. The third-order valence-corrected chi connectivity index (χ3v) is 2.59. The highest BCUT2D eigenvalue weighted by Gasteiger charge is 2.36. The van der Waals surface area contributed by atoms with Crippen LogP contribution in [0, 0.1) is 17.2 Å². The molecule has 0 saturated heterocycles. The summed E-state index contributed by atoms with van der Waals surface area (Å²) in [5.74, 6) is 1.71. The molecule has 16 heavy (non-hydrogen) atoms. The zero-order chi connectivity index (χ0) is 11.4. The number of hydrogen-bond acceptors (Lipinski definition) is 5. The molecule has 1 saturated carbocycles. The minimum absolute atomic E-state index is 0.0235. The molecule has 86 valence electrons. The first kappa shape index (κ1) is 11.1. The Hall–Kier alpha value is -1.41. The molecule has 0 N–H and O–H groups in total. The Bertz CT molecular complexity index is 379. The van der Waals surface area contributed by atoms with Crippen molar-refractivity contribution in [2.45, 2.75) is 38.7 Å². The van der Waals surface area contributed by atoms with Crippen molar-refractivity contribution in [1.82, 2.24) is 10.1 Å². The number of aromatic nitrogens is 2. The molecule has 1 aromatic rings. The second-order valence-corrected chi connectivity index (χ2v) is 3.92. The van der Waals surface area contributed by atoms with E-state index in [-0.39, 0.29) is 6.10 Å². The van der Waals surface area contributed by atoms with E-state index in [9.17, 15) is 0 Å². The first-order chi connectivity index (χ1) is 7.85. The molecule has 5 heteroatoms. The van der Waals surface area contributed by atoms with Gasteiger partial charge in [-0.15, -0.1) is 0 Å². The molecule has 1 atom stereocenters. The molecule has 1 unspecified atom stereocenters. The van der Waals surface area contributed by atoms with E-state index in [0.29, 0.717) is 37.1 Å². The van der Waals surface area contributed by atoms with Gasteiger partial charge in [-0.3, -0.25) is 0 Å². The summed E-state index contributed by atoms with van der Waals surface area (Å²) in [6, 6.07) is 2.06. The predicted octanol–water partition coefficient (Wildman–Crippen LogP) is 2.01. The van der Waals surface area contributed by atoms with Gasteiger partial charge in [-0.1, -0.05) is 5.16 Å². The van der Waals surface area contributed by atoms with Gasteiger partial charge in [0.1, 0.15) is 6.10 Å². The number of hydrogen-bond donors (Lipinski definition) is 0. The summed E-state index contributed by atoms with van der Waals surface area (Å²) in [6.45, 7) is 2.62. The molecule has 5 nitrogen and oxygen atoms in total. The average molecular weight is 221 g/mol. The maximum atomic E-state index is 8.46. The van der Waals surface area contributed by atoms with Gasteiger partial charge in [-0.05, 0) is 25.7 Å². The number of nitriles is 1. The largest absolute Gasteiger partial charge is 0.370 e. The van der Waals surface area contributed by atoms with Gasteiger partial charge in [0.05, 0.1) is 6.07 Å². The van der Waals surface area contributed by atoms with Crippen molar-refractivity contribution in [2.75, 3.05) is 6.61 Å². The summed E-state index contributed by atoms with van der Waals surface area (Å²) < 4.78 is 10.7. The SMILES string of the molecule is CCOC(c1noc(CCC#N)n1)C1CC1. The van der Waals surface area contributed by atoms with E-state index in [0.717, 1.165) is 0 Å². The molecule has 0 bridgehead atoms. The summed E-state index contributed by atoms with van der Waals surface area (Å²) in [6.07, 6.45) is 3.25. The first-order valence-electron chi connectivity index (χ1n) is 5.66. The highest BCUT2D eigenvalue weighted by molar-refractivity contribution is 4.99. The molecule has 1 heterocycles. The normalized spacial score (nSPS) is 17.0. The minimum atomic E-state index is -0.0235. The minimum Gasteiger partial charge on any atom is -0.370 e. The molecule has 0 amide bonds. The number of nitrogens with zero attached hydrogens (tertiary/aromatic N) is 3. The van der Waals surface area contributed by atoms with Crippen LogP contribution in [0.5, 0.6) is 0 Å². The highest BCUT2D eigenvalue weighted by Crippen LogP contribution is 2.42. The van der Waals surface area contributed by atoms with Crippen molar-refractivity contribution in [3.63, 3.8) is 0 Å². The fourth-order valence-electron chi connectivity index (χ4n) is 1.65. The van der Waals surface area contributed by atoms with Crippen LogP contribution in [0.15, 0.2) is 4.52 Å². The Kier molecular flexibility index (Phi) is 3.52. The summed E-state index contributed by atoms with van der Waals surface area (Å²) in [7, 11) is 0. The molecular weight excluding hydrogens is 206 g/mol. The van der Waals surface area contributed by atoms with Crippen LogP contribution >= 0.6 is 0 Å². The Morgan fingerprint density at radius 1 is 1.62 bits per heavy atom. The van der Waals surface area contributed by atoms with E-state index in [1.807, 2.05) is 6.92 Å². The van der Waals surface area contributed by atoms with Crippen molar-refractivity contribution in [2.24, 2.45) is 5.92 Å². The van der Waals surface area contributed by atoms with Gasteiger partial charge in [0.15, 0.2) is 0 Å². The monoisotopic (exact) mass is 221 g/mol. The van der Waals surface area contributed by atoms with E-state index in [2.05, 4.69) is 16.2 Å². The van der Waals surface area contributed by atoms with Gasteiger partial charge in [0, 0.05) is 19.4 Å². The van der Waals surface area contributed by atoms with Gasteiger partial charge < -0.3 is 9.26 Å². The maximum absolute atomic E-state index is 8.46. The molecular formula is C11H15N3O2. The molecule has 0 aromatic carbocycles. The van der Waals surface area contributed by atoms with Gasteiger partial charge >= 0.3 is 0 Å². The van der Waals surface area contributed by atoms with E-state index < -0.39 is 0 Å². The van der Waals surface area contributed by atoms with Crippen molar-refractivity contribution in [1.29, 1.82) is 5.26 Å². The van der Waals surface area contributed by atoms with Crippen molar-refractivity contribution >= 4 is 0 Å². The van der Waals surface area contributed by atoms with E-state index in [1.54, 1.807) is 0 Å². The van der Waals surface area contributed by atoms with Crippen LogP contribution in [0.4, 0.5) is 0 Å². The quantitative estimate of drug-likeness (QED) is 0.734. The standard InChI is InChI=1S/C11H15N3O2/c1-2-15-10(8-5-6-8)11-13-9(16-14-11)4-3-7-12/h8,10H,2-6H2,1H3. The maximum Gasteiger partial charge on any atom is 0.227 e. The van der Waals surface area contributed by atoms with Crippen LogP contribution in [-0.2, 0) is 11.2 Å². The molecule has 0 spiro atoms. The molecule has 0 aliphatic heterocycles. The third kappa shape index (κ3) is 2.58. The van der Waals surface area contributed by atoms with Crippen molar-refractivity contribution in [3.05, 3.63) is 11.7 Å². The average Bonchev–Trinajstić information content (AvgIpc) is 3.02. The zero-order valence-corrected chi connectivity index (χ0v) is 9.35. The summed E-state index contributed by atoms with van der Waals surface area (Å²) >= 11 is 0. The van der Waals surface area contributed by atoms with E-state index >= 15 is 0 Å². The molecule has 1 aromatic heterocycles. The number of ether oxygens (including phenoxy) is 1. The second-order valence-electron chi connectivity index (χ2n) is 3.92. The van der Waals surface area contributed by atoms with Crippen molar-refractivity contribution in [3.8, 4) is 6.07 Å². The third-order valence-electron chi connectivity index (χ3n) is 2.59. The Morgan fingerprint density at radius 3 is 3.06 bits per heavy atom. The lowest BCUT2D eigenvalue weighted by Gasteiger charge is -2.10. The van der Waals surface area contributed by atoms with Crippen LogP contribution in [0.25, 0.3) is 0 Å². The van der Waals surface area contributed by atoms with Gasteiger partial charge in [-0.25, -0.2) is 0 Å². The Morgan fingerprint density at radius 2 is 2.44 bits per heavy atom. The van der Waals surface area contributed by atoms with Crippen LogP contribution in [0.3, 0.4) is 0 Å². The fourth-order valence-corrected chi connectivity index (χ4v) is 1.65. The van der Waals surface area contributed by atoms with Crippen LogP contribution in [-0.4, -0.2) is 16.7 Å². The molecule has 1 aliphatic carbocycles. The lowest BCUT2D eigenvalue weighted by atomic mass is 10.2. The second kappa shape index (κ2) is 5.08. The van der Waals surface area contributed by atoms with Crippen LogP contribution in [0.2, 0.25) is 0 Å². The lowest BCUT2D eigenvalue weighted by Crippen LogP contribution is -2.08. The predicted molar refractivity (Wildman–Crippen MR) is 55.3 cm³/mol. The van der Waals surface area contributed by atoms with Gasteiger partial charge in [-0.2, -0.15) is 10.2 Å². The molecule has 0 radical (unpaired) electrons. The van der Waals surface area contributed by atoms with Gasteiger partial charge in [0.25, 0.3) is 0 Å². The fraction of sp³-hybridized carbons (Fsp3) is 0.727. The smallest absolute Gasteiger partial charge is 0.227 e. The number of aryl methyl sites for hydroxylation is 1. The first-order valence-corrected chi connectivity index (χ1v) is 5.66. The van der Waals surface area contributed by atoms with Gasteiger partial charge in [0.2, 0.25) is 11.7 Å².